The van der Waals surface area contributed by atoms with Gasteiger partial charge in [0.05, 0.1) is 37.5 Å². The third kappa shape index (κ3) is 3.11. The van der Waals surface area contributed by atoms with Gasteiger partial charge < -0.3 is 9.47 Å². The van der Waals surface area contributed by atoms with Crippen LogP contribution in [0.15, 0.2) is 42.6 Å². The van der Waals surface area contributed by atoms with Crippen LogP contribution in [0.25, 0.3) is 33.1 Å². The molecule has 0 aliphatic heterocycles. The Labute approximate surface area is 168 Å². The van der Waals surface area contributed by atoms with Crippen LogP contribution in [0.2, 0.25) is 0 Å². The molecule has 0 saturated carbocycles. The van der Waals surface area contributed by atoms with Gasteiger partial charge in [0.2, 0.25) is 0 Å². The fourth-order valence-corrected chi connectivity index (χ4v) is 3.42. The molecule has 2 aromatic carbocycles. The molecule has 2 heterocycles. The summed E-state index contributed by atoms with van der Waals surface area (Å²) < 4.78 is 12.6. The van der Waals surface area contributed by atoms with Crippen molar-refractivity contribution < 1.29 is 9.47 Å². The number of pyridine rings is 1. The van der Waals surface area contributed by atoms with E-state index in [0.29, 0.717) is 11.5 Å². The zero-order chi connectivity index (χ0) is 20.4. The Bertz CT molecular complexity index is 1320. The highest BCUT2D eigenvalue weighted by atomic mass is 16.5. The van der Waals surface area contributed by atoms with Crippen LogP contribution in [0.4, 0.5) is 0 Å². The van der Waals surface area contributed by atoms with Crippen molar-refractivity contribution in [1.29, 1.82) is 5.26 Å². The predicted molar refractivity (Wildman–Crippen MR) is 112 cm³/mol. The fourth-order valence-electron chi connectivity index (χ4n) is 3.42. The van der Waals surface area contributed by atoms with Crippen molar-refractivity contribution >= 4 is 21.8 Å². The van der Waals surface area contributed by atoms with Gasteiger partial charge in [0, 0.05) is 28.0 Å². The molecule has 0 saturated heterocycles. The first kappa shape index (κ1) is 18.3. The minimum atomic E-state index is 0.135. The van der Waals surface area contributed by atoms with Gasteiger partial charge in [0.25, 0.3) is 0 Å². The maximum absolute atomic E-state index is 9.24. The summed E-state index contributed by atoms with van der Waals surface area (Å²) in [5.74, 6) is 7.17. The van der Waals surface area contributed by atoms with Crippen LogP contribution in [-0.2, 0) is 6.54 Å². The van der Waals surface area contributed by atoms with Gasteiger partial charge >= 0.3 is 0 Å². The molecule has 0 unspecified atom stereocenters. The van der Waals surface area contributed by atoms with Crippen LogP contribution >= 0.6 is 0 Å². The second-order valence-corrected chi connectivity index (χ2v) is 6.36. The number of ether oxygens (including phenoxy) is 2. The van der Waals surface area contributed by atoms with E-state index in [2.05, 4.69) is 22.9 Å². The molecular weight excluding hydrogens is 364 g/mol. The van der Waals surface area contributed by atoms with Crippen LogP contribution in [0.3, 0.4) is 0 Å². The maximum Gasteiger partial charge on any atom is 0.162 e. The average molecular weight is 382 g/mol. The third-order valence-electron chi connectivity index (χ3n) is 4.74. The van der Waals surface area contributed by atoms with E-state index in [1.807, 2.05) is 43.3 Å². The minimum absolute atomic E-state index is 0.135. The molecule has 0 fully saturated rings. The molecule has 0 aliphatic carbocycles. The fraction of sp³-hybridized carbons (Fsp3) is 0.174. The van der Waals surface area contributed by atoms with Gasteiger partial charge in [-0.25, -0.2) is 4.68 Å². The van der Waals surface area contributed by atoms with E-state index < -0.39 is 0 Å². The normalized spacial score (nSPS) is 10.4. The van der Waals surface area contributed by atoms with Crippen molar-refractivity contribution in [3.63, 3.8) is 0 Å². The van der Waals surface area contributed by atoms with Gasteiger partial charge in [-0.1, -0.05) is 18.1 Å². The highest BCUT2D eigenvalue weighted by molar-refractivity contribution is 6.12. The molecule has 142 valence electrons. The second kappa shape index (κ2) is 7.53. The first-order valence-electron chi connectivity index (χ1n) is 9.01. The molecule has 0 aliphatic rings. The quantitative estimate of drug-likeness (QED) is 0.496. The Morgan fingerprint density at radius 2 is 1.79 bits per heavy atom. The van der Waals surface area contributed by atoms with Gasteiger partial charge in [0.1, 0.15) is 12.2 Å². The lowest BCUT2D eigenvalue weighted by molar-refractivity contribution is 0.356. The summed E-state index contributed by atoms with van der Waals surface area (Å²) in [7, 11) is 3.20. The highest BCUT2D eigenvalue weighted by Gasteiger charge is 2.18. The summed E-state index contributed by atoms with van der Waals surface area (Å²) in [6, 6.07) is 13.8. The molecule has 2 aromatic heterocycles. The second-order valence-electron chi connectivity index (χ2n) is 6.36. The average Bonchev–Trinajstić information content (AvgIpc) is 3.12. The number of rotatable bonds is 4. The molecule has 0 N–H and O–H groups in total. The van der Waals surface area contributed by atoms with Crippen molar-refractivity contribution in [3.05, 3.63) is 48.2 Å². The van der Waals surface area contributed by atoms with Crippen LogP contribution in [0.5, 0.6) is 11.5 Å². The smallest absolute Gasteiger partial charge is 0.162 e. The summed E-state index contributed by atoms with van der Waals surface area (Å²) in [6.45, 7) is 1.95. The van der Waals surface area contributed by atoms with E-state index in [1.165, 1.54) is 0 Å². The topological polar surface area (TPSA) is 73.0 Å². The SMILES string of the molecule is CC#Cc1ccc(-c2nn(CC#N)c3cnc4cc(OC)c(OC)cc4c23)cc1. The van der Waals surface area contributed by atoms with Crippen molar-refractivity contribution in [2.75, 3.05) is 14.2 Å². The lowest BCUT2D eigenvalue weighted by Crippen LogP contribution is -1.98. The molecular formula is C23H18N4O2. The van der Waals surface area contributed by atoms with Crippen LogP contribution < -0.4 is 9.47 Å². The number of hydrogen-bond acceptors (Lipinski definition) is 5. The number of aromatic nitrogens is 3. The zero-order valence-electron chi connectivity index (χ0n) is 16.4. The highest BCUT2D eigenvalue weighted by Crippen LogP contribution is 2.38. The van der Waals surface area contributed by atoms with Crippen molar-refractivity contribution in [3.8, 4) is 40.7 Å². The summed E-state index contributed by atoms with van der Waals surface area (Å²) in [5.41, 5.74) is 4.22. The van der Waals surface area contributed by atoms with E-state index in [-0.39, 0.29) is 6.54 Å². The monoisotopic (exact) mass is 382 g/mol. The van der Waals surface area contributed by atoms with Crippen LogP contribution in [-0.4, -0.2) is 29.0 Å². The molecule has 4 rings (SSSR count). The van der Waals surface area contributed by atoms with E-state index in [9.17, 15) is 5.26 Å². The van der Waals surface area contributed by atoms with Gasteiger partial charge in [-0.05, 0) is 25.1 Å². The number of fused-ring (bicyclic) bond motifs is 3. The first-order chi connectivity index (χ1) is 14.2. The Morgan fingerprint density at radius 1 is 1.07 bits per heavy atom. The van der Waals surface area contributed by atoms with Gasteiger partial charge in [-0.15, -0.1) is 5.92 Å². The van der Waals surface area contributed by atoms with Crippen LogP contribution in [0.1, 0.15) is 12.5 Å². The summed E-state index contributed by atoms with van der Waals surface area (Å²) >= 11 is 0. The van der Waals surface area contributed by atoms with Crippen molar-refractivity contribution in [2.45, 2.75) is 13.5 Å². The van der Waals surface area contributed by atoms with Gasteiger partial charge in [-0.3, -0.25) is 4.98 Å². The molecule has 0 spiro atoms. The molecule has 0 amide bonds. The number of benzene rings is 2. The molecule has 4 aromatic rings. The Kier molecular flexibility index (Phi) is 4.76. The summed E-state index contributed by atoms with van der Waals surface area (Å²) in [5, 5.41) is 15.8. The van der Waals surface area contributed by atoms with E-state index in [0.717, 1.165) is 38.6 Å². The van der Waals surface area contributed by atoms with Gasteiger partial charge in [0.15, 0.2) is 11.5 Å². The number of nitriles is 1. The third-order valence-corrected chi connectivity index (χ3v) is 4.74. The van der Waals surface area contributed by atoms with Crippen molar-refractivity contribution in [2.24, 2.45) is 0 Å². The minimum Gasteiger partial charge on any atom is -0.493 e. The number of nitrogens with zero attached hydrogens (tertiary/aromatic N) is 4. The largest absolute Gasteiger partial charge is 0.493 e. The Balaban J connectivity index is 2.05. The Morgan fingerprint density at radius 3 is 2.45 bits per heavy atom. The van der Waals surface area contributed by atoms with Crippen LogP contribution in [0, 0.1) is 23.2 Å². The Hall–Kier alpha value is -4.03. The predicted octanol–water partition coefficient (Wildman–Crippen LogP) is 4.16. The first-order valence-corrected chi connectivity index (χ1v) is 9.01. The zero-order valence-corrected chi connectivity index (χ0v) is 16.4. The molecule has 0 atom stereocenters. The van der Waals surface area contributed by atoms with E-state index in [1.54, 1.807) is 25.1 Å². The van der Waals surface area contributed by atoms with Gasteiger partial charge in [-0.2, -0.15) is 10.4 Å². The number of hydrogen-bond donors (Lipinski definition) is 0. The molecule has 29 heavy (non-hydrogen) atoms. The molecule has 0 bridgehead atoms. The number of methoxy groups -OCH3 is 2. The molecule has 0 radical (unpaired) electrons. The molecule has 6 nitrogen and oxygen atoms in total. The van der Waals surface area contributed by atoms with Crippen molar-refractivity contribution in [1.82, 2.24) is 14.8 Å². The maximum atomic E-state index is 9.24. The summed E-state index contributed by atoms with van der Waals surface area (Å²) in [4.78, 5) is 4.56. The lowest BCUT2D eigenvalue weighted by Gasteiger charge is -2.10. The summed E-state index contributed by atoms with van der Waals surface area (Å²) in [6.07, 6.45) is 1.74. The lowest BCUT2D eigenvalue weighted by atomic mass is 10.0. The molecule has 6 heteroatoms. The van der Waals surface area contributed by atoms with E-state index >= 15 is 0 Å². The standard InChI is InChI=1S/C23H18N4O2/c1-4-5-15-6-8-16(9-7-15)23-22-17-12-20(28-2)21(29-3)13-18(17)25-14-19(22)27(26-23)11-10-24/h6-9,12-14H,11H2,1-3H3. The van der Waals surface area contributed by atoms with E-state index in [4.69, 9.17) is 14.6 Å².